The molecular weight excluding hydrogens is 323 g/mol. The van der Waals surface area contributed by atoms with Crippen molar-refractivity contribution in [2.24, 2.45) is 0 Å². The Hall–Kier alpha value is -1.03. The molecule has 0 saturated carbocycles. The Bertz CT molecular complexity index is 523. The van der Waals surface area contributed by atoms with Crippen LogP contribution in [-0.2, 0) is 0 Å². The van der Waals surface area contributed by atoms with E-state index in [-0.39, 0.29) is 0 Å². The third kappa shape index (κ3) is 2.80. The van der Waals surface area contributed by atoms with Gasteiger partial charge in [0.2, 0.25) is 0 Å². The molecule has 0 aliphatic heterocycles. The molecule has 0 amide bonds. The molecule has 2 aromatic rings. The fourth-order valence-corrected chi connectivity index (χ4v) is 2.90. The Labute approximate surface area is 116 Å². The molecule has 17 heavy (non-hydrogen) atoms. The molecule has 2 rings (SSSR count). The largest absolute Gasteiger partial charge is 0.545 e. The van der Waals surface area contributed by atoms with Crippen LogP contribution in [0.2, 0.25) is 0 Å². The van der Waals surface area contributed by atoms with Gasteiger partial charge < -0.3 is 4.74 Å². The summed E-state index contributed by atoms with van der Waals surface area (Å²) >= 11 is 2.36. The smallest absolute Gasteiger partial charge is 0.277 e. The highest BCUT2D eigenvalue weighted by atomic mass is 127. The maximum atomic E-state index is 4.77. The Morgan fingerprint density at radius 1 is 0.941 bits per heavy atom. The van der Waals surface area contributed by atoms with Crippen LogP contribution in [0.25, 0.3) is 0 Å². The lowest BCUT2D eigenvalue weighted by molar-refractivity contribution is 0.192. The minimum absolute atomic E-state index is 1.05. The van der Waals surface area contributed by atoms with Gasteiger partial charge in [-0.25, -0.2) is 0 Å². The molecule has 0 aliphatic carbocycles. The van der Waals surface area contributed by atoms with E-state index < -0.39 is 0 Å². The average Bonchev–Trinajstić information content (AvgIpc) is 2.25. The molecule has 0 fully saturated rings. The first kappa shape index (κ1) is 12.4. The van der Waals surface area contributed by atoms with E-state index in [0.29, 0.717) is 0 Å². The van der Waals surface area contributed by atoms with Gasteiger partial charge in [0.15, 0.2) is 0 Å². The summed E-state index contributed by atoms with van der Waals surface area (Å²) in [6.45, 7) is 6.33. The fraction of sp³-hybridized carbons (Fsp3) is 0.200. The van der Waals surface area contributed by atoms with Crippen LogP contribution < -0.4 is 0 Å². The number of benzene rings is 2. The minimum Gasteiger partial charge on any atom is -0.545 e. The molecule has 0 spiro atoms. The number of hydrogen-bond acceptors (Lipinski definition) is 0. The molecule has 0 bridgehead atoms. The number of ether oxygens (including phenoxy) is 1. The second-order valence-electron chi connectivity index (χ2n) is 4.31. The summed E-state index contributed by atoms with van der Waals surface area (Å²) in [6.07, 6.45) is 0. The Kier molecular flexibility index (Phi) is 3.72. The van der Waals surface area contributed by atoms with Crippen molar-refractivity contribution < 1.29 is 4.74 Å². The van der Waals surface area contributed by atoms with Crippen LogP contribution in [0, 0.1) is 24.3 Å². The zero-order valence-corrected chi connectivity index (χ0v) is 12.4. The number of para-hydroxylation sites is 1. The van der Waals surface area contributed by atoms with E-state index in [1.807, 2.05) is 12.1 Å². The van der Waals surface area contributed by atoms with Crippen LogP contribution in [0.4, 0.5) is 0 Å². The van der Waals surface area contributed by atoms with Gasteiger partial charge in [-0.1, -0.05) is 18.2 Å². The Morgan fingerprint density at radius 2 is 1.65 bits per heavy atom. The van der Waals surface area contributed by atoms with Crippen LogP contribution in [0.1, 0.15) is 16.7 Å². The van der Waals surface area contributed by atoms with Crippen molar-refractivity contribution in [3.8, 4) is 11.5 Å². The molecule has 1 nitrogen and oxygen atoms in total. The minimum atomic E-state index is 1.05. The molecule has 0 atom stereocenters. The van der Waals surface area contributed by atoms with Gasteiger partial charge >= 0.3 is 0 Å². The zero-order valence-electron chi connectivity index (χ0n) is 10.3. The number of hydrogen-bond donors (Lipinski definition) is 0. The van der Waals surface area contributed by atoms with Gasteiger partial charge in [-0.3, -0.25) is 0 Å². The van der Waals surface area contributed by atoms with Crippen LogP contribution in [0.5, 0.6) is 11.5 Å². The molecule has 1 N–H and O–H groups in total. The van der Waals surface area contributed by atoms with Crippen LogP contribution in [0.15, 0.2) is 36.4 Å². The normalized spacial score (nSPS) is 10.4. The SMILES string of the molecule is Cc1cc(C)c([OH+]c2ccccc2C)c(I)c1. The number of aromatic hydroxyl groups is 2. The van der Waals surface area contributed by atoms with Crippen molar-refractivity contribution in [1.29, 1.82) is 0 Å². The van der Waals surface area contributed by atoms with Gasteiger partial charge in [0, 0.05) is 17.2 Å². The van der Waals surface area contributed by atoms with Gasteiger partial charge in [-0.2, -0.15) is 0 Å². The fourth-order valence-electron chi connectivity index (χ4n) is 1.86. The second-order valence-corrected chi connectivity index (χ2v) is 5.47. The van der Waals surface area contributed by atoms with Crippen LogP contribution in [-0.4, -0.2) is 4.74 Å². The summed E-state index contributed by atoms with van der Waals surface area (Å²) in [4.78, 5) is 0. The molecule has 2 heteroatoms. The molecule has 0 saturated heterocycles. The second kappa shape index (κ2) is 5.08. The van der Waals surface area contributed by atoms with Crippen molar-refractivity contribution in [3.63, 3.8) is 0 Å². The van der Waals surface area contributed by atoms with Crippen LogP contribution in [0.3, 0.4) is 0 Å². The highest BCUT2D eigenvalue weighted by molar-refractivity contribution is 14.1. The topological polar surface area (TPSA) is 12.8 Å². The lowest BCUT2D eigenvalue weighted by Gasteiger charge is -2.10. The molecule has 2 aromatic carbocycles. The molecule has 0 unspecified atom stereocenters. The first-order chi connectivity index (χ1) is 8.08. The third-order valence-electron chi connectivity index (χ3n) is 2.75. The summed E-state index contributed by atoms with van der Waals surface area (Å²) in [5, 5.41) is 0. The average molecular weight is 339 g/mol. The maximum Gasteiger partial charge on any atom is 0.277 e. The first-order valence-corrected chi connectivity index (χ1v) is 6.70. The summed E-state index contributed by atoms with van der Waals surface area (Å²) < 4.78 is 5.98. The maximum absolute atomic E-state index is 4.77. The summed E-state index contributed by atoms with van der Waals surface area (Å²) in [6, 6.07) is 12.6. The predicted octanol–water partition coefficient (Wildman–Crippen LogP) is 4.87. The van der Waals surface area contributed by atoms with Gasteiger partial charge in [0.25, 0.3) is 11.5 Å². The zero-order chi connectivity index (χ0) is 12.4. The Morgan fingerprint density at radius 3 is 2.29 bits per heavy atom. The molecule has 0 heterocycles. The number of aryl methyl sites for hydroxylation is 3. The van der Waals surface area contributed by atoms with Gasteiger partial charge in [-0.15, -0.1) is 0 Å². The van der Waals surface area contributed by atoms with Gasteiger partial charge in [0.05, 0.1) is 0 Å². The highest BCUT2D eigenvalue weighted by Crippen LogP contribution is 2.33. The van der Waals surface area contributed by atoms with Gasteiger partial charge in [-0.05, 0) is 61.1 Å². The lowest BCUT2D eigenvalue weighted by atomic mass is 10.1. The van der Waals surface area contributed by atoms with Crippen molar-refractivity contribution in [3.05, 3.63) is 56.7 Å². The van der Waals surface area contributed by atoms with Crippen molar-refractivity contribution in [2.75, 3.05) is 0 Å². The lowest BCUT2D eigenvalue weighted by Crippen LogP contribution is -1.90. The van der Waals surface area contributed by atoms with Crippen molar-refractivity contribution in [2.45, 2.75) is 20.8 Å². The van der Waals surface area contributed by atoms with E-state index in [2.05, 4.69) is 67.6 Å². The quantitative estimate of drug-likeness (QED) is 0.547. The number of rotatable bonds is 2. The highest BCUT2D eigenvalue weighted by Gasteiger charge is 2.14. The molecular formula is C15H16IO+. The van der Waals surface area contributed by atoms with Crippen molar-refractivity contribution >= 4 is 22.6 Å². The van der Waals surface area contributed by atoms with E-state index in [9.17, 15) is 0 Å². The third-order valence-corrected chi connectivity index (χ3v) is 3.57. The van der Waals surface area contributed by atoms with E-state index in [0.717, 1.165) is 11.5 Å². The van der Waals surface area contributed by atoms with E-state index >= 15 is 0 Å². The van der Waals surface area contributed by atoms with Crippen molar-refractivity contribution in [1.82, 2.24) is 0 Å². The predicted molar refractivity (Wildman–Crippen MR) is 80.9 cm³/mol. The van der Waals surface area contributed by atoms with Crippen LogP contribution >= 0.6 is 22.6 Å². The monoisotopic (exact) mass is 339 g/mol. The summed E-state index contributed by atoms with van der Waals surface area (Å²) in [7, 11) is 0. The van der Waals surface area contributed by atoms with E-state index in [1.54, 1.807) is 0 Å². The molecule has 88 valence electrons. The molecule has 0 radical (unpaired) electrons. The number of halogens is 1. The van der Waals surface area contributed by atoms with E-state index in [4.69, 9.17) is 4.74 Å². The van der Waals surface area contributed by atoms with E-state index in [1.165, 1.54) is 20.3 Å². The molecule has 0 aromatic heterocycles. The first-order valence-electron chi connectivity index (χ1n) is 5.62. The summed E-state index contributed by atoms with van der Waals surface area (Å²) in [5.74, 6) is 2.14. The summed E-state index contributed by atoms with van der Waals surface area (Å²) in [5.41, 5.74) is 3.73. The molecule has 0 aliphatic rings. The Balaban J connectivity index is 2.40. The standard InChI is InChI=1S/C15H15IO/c1-10-8-12(3)15(13(16)9-10)17-14-7-5-4-6-11(14)2/h4-9H,1-3H3/p+1. The van der Waals surface area contributed by atoms with Gasteiger partial charge in [0.1, 0.15) is 3.57 Å².